The molecular formula is C11H14N2O3. The highest BCUT2D eigenvalue weighted by molar-refractivity contribution is 5.93. The molecule has 1 rings (SSSR count). The van der Waals surface area contributed by atoms with Crippen LogP contribution in [0.1, 0.15) is 22.3 Å². The molecule has 0 aliphatic rings. The van der Waals surface area contributed by atoms with Gasteiger partial charge in [-0.05, 0) is 30.7 Å². The summed E-state index contributed by atoms with van der Waals surface area (Å²) in [5, 5.41) is 11.5. The molecule has 1 aromatic rings. The molecule has 0 saturated carbocycles. The molecule has 16 heavy (non-hydrogen) atoms. The van der Waals surface area contributed by atoms with Gasteiger partial charge >= 0.3 is 5.97 Å². The van der Waals surface area contributed by atoms with E-state index in [0.29, 0.717) is 11.3 Å². The van der Waals surface area contributed by atoms with Gasteiger partial charge in [0.25, 0.3) is 0 Å². The van der Waals surface area contributed by atoms with Crippen LogP contribution in [0.4, 0.5) is 5.69 Å². The van der Waals surface area contributed by atoms with Crippen molar-refractivity contribution in [3.05, 3.63) is 29.3 Å². The van der Waals surface area contributed by atoms with Crippen LogP contribution in [0.5, 0.6) is 0 Å². The van der Waals surface area contributed by atoms with E-state index in [1.807, 2.05) is 0 Å². The molecule has 4 N–H and O–H groups in total. The molecular weight excluding hydrogens is 208 g/mol. The number of nitrogens with one attached hydrogen (secondary N) is 1. The Morgan fingerprint density at radius 1 is 1.44 bits per heavy atom. The molecule has 0 saturated heterocycles. The first-order valence-electron chi connectivity index (χ1n) is 4.88. The number of benzene rings is 1. The predicted octanol–water partition coefficient (Wildman–Crippen LogP) is 0.981. The van der Waals surface area contributed by atoms with Crippen molar-refractivity contribution in [2.75, 3.05) is 11.9 Å². The fourth-order valence-corrected chi connectivity index (χ4v) is 1.34. The number of aromatic carboxylic acids is 1. The lowest BCUT2D eigenvalue weighted by molar-refractivity contribution is -0.116. The van der Waals surface area contributed by atoms with Crippen molar-refractivity contribution in [3.63, 3.8) is 0 Å². The van der Waals surface area contributed by atoms with Crippen LogP contribution in [0.25, 0.3) is 0 Å². The monoisotopic (exact) mass is 222 g/mol. The molecule has 86 valence electrons. The van der Waals surface area contributed by atoms with Gasteiger partial charge in [0.05, 0.1) is 5.56 Å². The van der Waals surface area contributed by atoms with E-state index in [9.17, 15) is 9.59 Å². The van der Waals surface area contributed by atoms with Crippen LogP contribution in [-0.2, 0) is 4.79 Å². The number of nitrogens with two attached hydrogens (primary N) is 1. The molecule has 1 amide bonds. The second-order valence-electron chi connectivity index (χ2n) is 3.42. The van der Waals surface area contributed by atoms with E-state index >= 15 is 0 Å². The average Bonchev–Trinajstić information content (AvgIpc) is 2.17. The normalized spacial score (nSPS) is 9.88. The van der Waals surface area contributed by atoms with Crippen molar-refractivity contribution in [3.8, 4) is 0 Å². The summed E-state index contributed by atoms with van der Waals surface area (Å²) in [4.78, 5) is 22.0. The number of carbonyl (C=O) groups excluding carboxylic acids is 1. The van der Waals surface area contributed by atoms with Gasteiger partial charge in [-0.1, -0.05) is 0 Å². The summed E-state index contributed by atoms with van der Waals surface area (Å²) in [7, 11) is 0. The molecule has 0 bridgehead atoms. The number of carboxylic acid groups (broad SMARTS) is 1. The third-order valence-corrected chi connectivity index (χ3v) is 2.11. The molecule has 0 aliphatic heterocycles. The van der Waals surface area contributed by atoms with Gasteiger partial charge in [-0.15, -0.1) is 0 Å². The summed E-state index contributed by atoms with van der Waals surface area (Å²) in [6.07, 6.45) is 0.250. The van der Waals surface area contributed by atoms with Gasteiger partial charge in [0.1, 0.15) is 0 Å². The van der Waals surface area contributed by atoms with Gasteiger partial charge < -0.3 is 16.2 Å². The summed E-state index contributed by atoms with van der Waals surface area (Å²) in [6.45, 7) is 1.97. The quantitative estimate of drug-likeness (QED) is 0.708. The summed E-state index contributed by atoms with van der Waals surface area (Å²) >= 11 is 0. The lowest BCUT2D eigenvalue weighted by atomic mass is 10.1. The Morgan fingerprint density at radius 2 is 2.12 bits per heavy atom. The second kappa shape index (κ2) is 5.27. The molecule has 0 unspecified atom stereocenters. The van der Waals surface area contributed by atoms with Crippen LogP contribution >= 0.6 is 0 Å². The van der Waals surface area contributed by atoms with Gasteiger partial charge in [0, 0.05) is 18.7 Å². The lowest BCUT2D eigenvalue weighted by Gasteiger charge is -2.07. The number of anilines is 1. The molecule has 0 heterocycles. The number of aryl methyl sites for hydroxylation is 1. The first-order chi connectivity index (χ1) is 7.54. The minimum Gasteiger partial charge on any atom is -0.478 e. The lowest BCUT2D eigenvalue weighted by Crippen LogP contribution is -2.16. The van der Waals surface area contributed by atoms with Crippen molar-refractivity contribution in [2.45, 2.75) is 13.3 Å². The van der Waals surface area contributed by atoms with Crippen molar-refractivity contribution < 1.29 is 14.7 Å². The van der Waals surface area contributed by atoms with Crippen molar-refractivity contribution in [1.82, 2.24) is 0 Å². The van der Waals surface area contributed by atoms with Crippen molar-refractivity contribution in [1.29, 1.82) is 0 Å². The molecule has 0 spiro atoms. The van der Waals surface area contributed by atoms with Crippen LogP contribution in [0.15, 0.2) is 18.2 Å². The van der Waals surface area contributed by atoms with E-state index in [1.54, 1.807) is 19.1 Å². The highest BCUT2D eigenvalue weighted by Gasteiger charge is 2.08. The average molecular weight is 222 g/mol. The number of hydrogen-bond acceptors (Lipinski definition) is 3. The van der Waals surface area contributed by atoms with Gasteiger partial charge in [0.15, 0.2) is 0 Å². The van der Waals surface area contributed by atoms with Crippen molar-refractivity contribution in [2.24, 2.45) is 5.73 Å². The van der Waals surface area contributed by atoms with Crippen LogP contribution in [-0.4, -0.2) is 23.5 Å². The Morgan fingerprint density at radius 3 is 2.62 bits per heavy atom. The zero-order valence-electron chi connectivity index (χ0n) is 8.99. The smallest absolute Gasteiger partial charge is 0.335 e. The summed E-state index contributed by atoms with van der Waals surface area (Å²) in [5.41, 5.74) is 6.66. The molecule has 1 aromatic carbocycles. The standard InChI is InChI=1S/C11H14N2O3/c1-7-6-8(13-10(14)4-5-12)2-3-9(7)11(15)16/h2-3,6H,4-5,12H2,1H3,(H,13,14)(H,15,16). The summed E-state index contributed by atoms with van der Waals surface area (Å²) in [6, 6.07) is 4.65. The first-order valence-corrected chi connectivity index (χ1v) is 4.88. The first kappa shape index (κ1) is 12.2. The molecule has 0 atom stereocenters. The number of carbonyl (C=O) groups is 2. The van der Waals surface area contributed by atoms with E-state index in [0.717, 1.165) is 0 Å². The highest BCUT2D eigenvalue weighted by atomic mass is 16.4. The molecule has 0 aromatic heterocycles. The minimum atomic E-state index is -0.975. The largest absolute Gasteiger partial charge is 0.478 e. The molecule has 0 aliphatic carbocycles. The van der Waals surface area contributed by atoms with E-state index in [1.165, 1.54) is 6.07 Å². The minimum absolute atomic E-state index is 0.176. The summed E-state index contributed by atoms with van der Waals surface area (Å²) in [5.74, 6) is -1.15. The molecule has 5 nitrogen and oxygen atoms in total. The number of amides is 1. The second-order valence-corrected chi connectivity index (χ2v) is 3.42. The topological polar surface area (TPSA) is 92.4 Å². The van der Waals surface area contributed by atoms with Gasteiger partial charge in [-0.25, -0.2) is 4.79 Å². The zero-order valence-corrected chi connectivity index (χ0v) is 8.99. The number of carboxylic acids is 1. The zero-order chi connectivity index (χ0) is 12.1. The highest BCUT2D eigenvalue weighted by Crippen LogP contribution is 2.15. The van der Waals surface area contributed by atoms with Gasteiger partial charge in [-0.3, -0.25) is 4.79 Å². The third kappa shape index (κ3) is 3.06. The van der Waals surface area contributed by atoms with Crippen LogP contribution in [0, 0.1) is 6.92 Å². The number of rotatable bonds is 4. The van der Waals surface area contributed by atoms with E-state index < -0.39 is 5.97 Å². The predicted molar refractivity (Wildman–Crippen MR) is 60.4 cm³/mol. The van der Waals surface area contributed by atoms with Gasteiger partial charge in [-0.2, -0.15) is 0 Å². The molecule has 0 fully saturated rings. The maximum atomic E-state index is 11.2. The van der Waals surface area contributed by atoms with E-state index in [2.05, 4.69) is 5.32 Å². The van der Waals surface area contributed by atoms with Gasteiger partial charge in [0.2, 0.25) is 5.91 Å². The SMILES string of the molecule is Cc1cc(NC(=O)CCN)ccc1C(=O)O. The van der Waals surface area contributed by atoms with Crippen LogP contribution in [0.3, 0.4) is 0 Å². The fourth-order valence-electron chi connectivity index (χ4n) is 1.34. The Bertz CT molecular complexity index is 416. The van der Waals surface area contributed by atoms with Crippen molar-refractivity contribution >= 4 is 17.6 Å². The third-order valence-electron chi connectivity index (χ3n) is 2.11. The number of hydrogen-bond donors (Lipinski definition) is 3. The fraction of sp³-hybridized carbons (Fsp3) is 0.273. The Balaban J connectivity index is 2.81. The maximum absolute atomic E-state index is 11.2. The maximum Gasteiger partial charge on any atom is 0.335 e. The Labute approximate surface area is 93.3 Å². The van der Waals surface area contributed by atoms with Crippen LogP contribution in [0.2, 0.25) is 0 Å². The Hall–Kier alpha value is -1.88. The Kier molecular flexibility index (Phi) is 4.02. The van der Waals surface area contributed by atoms with E-state index in [-0.39, 0.29) is 24.4 Å². The molecule has 0 radical (unpaired) electrons. The molecule has 5 heteroatoms. The van der Waals surface area contributed by atoms with E-state index in [4.69, 9.17) is 10.8 Å². The summed E-state index contributed by atoms with van der Waals surface area (Å²) < 4.78 is 0. The van der Waals surface area contributed by atoms with Crippen LogP contribution < -0.4 is 11.1 Å².